The van der Waals surface area contributed by atoms with Crippen molar-refractivity contribution in [3.63, 3.8) is 0 Å². The molecule has 0 radical (unpaired) electrons. The fourth-order valence-electron chi connectivity index (χ4n) is 2.58. The van der Waals surface area contributed by atoms with Crippen molar-refractivity contribution in [2.45, 2.75) is 53.4 Å². The molecule has 0 aliphatic rings. The molecule has 0 saturated carbocycles. The standard InChI is InChI=1S/C18H26N2O/c1-5-6-7-16-17(12-13(2)3)19-20(18(16)21)15-10-8-14(4)9-11-15/h8-11,13,19H,5-7,12H2,1-4H3. The Morgan fingerprint density at radius 3 is 2.43 bits per heavy atom. The van der Waals surface area contributed by atoms with E-state index in [4.69, 9.17) is 0 Å². The number of H-pyrrole nitrogens is 1. The molecule has 1 aromatic carbocycles. The number of aromatic nitrogens is 2. The van der Waals surface area contributed by atoms with Gasteiger partial charge in [-0.2, -0.15) is 0 Å². The summed E-state index contributed by atoms with van der Waals surface area (Å²) in [5.74, 6) is 0.537. The van der Waals surface area contributed by atoms with Crippen molar-refractivity contribution in [1.29, 1.82) is 0 Å². The summed E-state index contributed by atoms with van der Waals surface area (Å²) in [4.78, 5) is 12.7. The highest BCUT2D eigenvalue weighted by Gasteiger charge is 2.15. The van der Waals surface area contributed by atoms with Crippen molar-refractivity contribution in [1.82, 2.24) is 9.78 Å². The summed E-state index contributed by atoms with van der Waals surface area (Å²) in [5.41, 5.74) is 4.29. The predicted octanol–water partition coefficient (Wildman–Crippen LogP) is 4.02. The van der Waals surface area contributed by atoms with Crippen LogP contribution in [0.3, 0.4) is 0 Å². The van der Waals surface area contributed by atoms with Gasteiger partial charge in [-0.05, 0) is 44.2 Å². The summed E-state index contributed by atoms with van der Waals surface area (Å²) in [6.07, 6.45) is 3.96. The maximum atomic E-state index is 12.7. The fraction of sp³-hybridized carbons (Fsp3) is 0.500. The first-order chi connectivity index (χ1) is 10.0. The van der Waals surface area contributed by atoms with Gasteiger partial charge < -0.3 is 0 Å². The Hall–Kier alpha value is -1.77. The first kappa shape index (κ1) is 15.6. The SMILES string of the molecule is CCCCc1c(CC(C)C)[nH]n(-c2ccc(C)cc2)c1=O. The van der Waals surface area contributed by atoms with Gasteiger partial charge in [-0.25, -0.2) is 4.68 Å². The molecule has 0 unspecified atom stereocenters. The Kier molecular flexibility index (Phi) is 5.05. The normalized spacial score (nSPS) is 11.3. The van der Waals surface area contributed by atoms with Crippen molar-refractivity contribution in [3.05, 3.63) is 51.4 Å². The molecule has 1 heterocycles. The summed E-state index contributed by atoms with van der Waals surface area (Å²) in [6, 6.07) is 8.07. The van der Waals surface area contributed by atoms with E-state index in [0.717, 1.165) is 42.6 Å². The maximum Gasteiger partial charge on any atom is 0.274 e. The lowest BCUT2D eigenvalue weighted by Crippen LogP contribution is -2.17. The number of rotatable bonds is 6. The number of aromatic amines is 1. The molecule has 0 aliphatic heterocycles. The van der Waals surface area contributed by atoms with Crippen LogP contribution in [-0.4, -0.2) is 9.78 Å². The summed E-state index contributed by atoms with van der Waals surface area (Å²) < 4.78 is 1.70. The monoisotopic (exact) mass is 286 g/mol. The molecule has 1 N–H and O–H groups in total. The minimum absolute atomic E-state index is 0.114. The van der Waals surface area contributed by atoms with Crippen LogP contribution in [0.25, 0.3) is 5.69 Å². The minimum atomic E-state index is 0.114. The van der Waals surface area contributed by atoms with E-state index in [-0.39, 0.29) is 5.56 Å². The largest absolute Gasteiger partial charge is 0.295 e. The summed E-state index contributed by atoms with van der Waals surface area (Å²) in [7, 11) is 0. The van der Waals surface area contributed by atoms with Crippen LogP contribution in [0.2, 0.25) is 0 Å². The van der Waals surface area contributed by atoms with Crippen LogP contribution in [0.15, 0.2) is 29.1 Å². The first-order valence-corrected chi connectivity index (χ1v) is 7.92. The van der Waals surface area contributed by atoms with Crippen LogP contribution in [0.1, 0.15) is 50.4 Å². The van der Waals surface area contributed by atoms with Crippen molar-refractivity contribution < 1.29 is 0 Å². The molecule has 0 aliphatic carbocycles. The summed E-state index contributed by atoms with van der Waals surface area (Å²) in [5, 5.41) is 3.33. The number of unbranched alkanes of at least 4 members (excludes halogenated alkanes) is 1. The molecule has 2 rings (SSSR count). The van der Waals surface area contributed by atoms with Crippen molar-refractivity contribution in [2.24, 2.45) is 5.92 Å². The van der Waals surface area contributed by atoms with Gasteiger partial charge in [0.25, 0.3) is 5.56 Å². The van der Waals surface area contributed by atoms with E-state index < -0.39 is 0 Å². The lowest BCUT2D eigenvalue weighted by molar-refractivity contribution is 0.622. The summed E-state index contributed by atoms with van der Waals surface area (Å²) >= 11 is 0. The van der Waals surface area contributed by atoms with Crippen molar-refractivity contribution in [3.8, 4) is 5.69 Å². The zero-order valence-electron chi connectivity index (χ0n) is 13.6. The molecule has 3 heteroatoms. The maximum absolute atomic E-state index is 12.7. The van der Waals surface area contributed by atoms with Crippen LogP contribution in [-0.2, 0) is 12.8 Å². The van der Waals surface area contributed by atoms with E-state index in [1.807, 2.05) is 24.3 Å². The van der Waals surface area contributed by atoms with Crippen LogP contribution in [0.5, 0.6) is 0 Å². The molecule has 0 bridgehead atoms. The van der Waals surface area contributed by atoms with Gasteiger partial charge in [-0.3, -0.25) is 9.89 Å². The molecule has 0 fully saturated rings. The van der Waals surface area contributed by atoms with E-state index in [1.165, 1.54) is 5.56 Å². The second kappa shape index (κ2) is 6.79. The lowest BCUT2D eigenvalue weighted by Gasteiger charge is -2.05. The van der Waals surface area contributed by atoms with Crippen molar-refractivity contribution >= 4 is 0 Å². The van der Waals surface area contributed by atoms with Crippen LogP contribution < -0.4 is 5.56 Å². The van der Waals surface area contributed by atoms with E-state index in [2.05, 4.69) is 32.8 Å². The van der Waals surface area contributed by atoms with Gasteiger partial charge >= 0.3 is 0 Å². The topological polar surface area (TPSA) is 37.8 Å². The molecule has 0 atom stereocenters. The molecule has 21 heavy (non-hydrogen) atoms. The highest BCUT2D eigenvalue weighted by molar-refractivity contribution is 5.35. The smallest absolute Gasteiger partial charge is 0.274 e. The molecule has 0 spiro atoms. The van der Waals surface area contributed by atoms with Crippen LogP contribution in [0.4, 0.5) is 0 Å². The van der Waals surface area contributed by atoms with Gasteiger partial charge in [0.15, 0.2) is 0 Å². The number of nitrogens with zero attached hydrogens (tertiary/aromatic N) is 1. The fourth-order valence-corrected chi connectivity index (χ4v) is 2.58. The highest BCUT2D eigenvalue weighted by atomic mass is 16.1. The third-order valence-corrected chi connectivity index (χ3v) is 3.76. The number of benzene rings is 1. The zero-order chi connectivity index (χ0) is 15.4. The van der Waals surface area contributed by atoms with Gasteiger partial charge in [0, 0.05) is 11.3 Å². The molecule has 0 amide bonds. The van der Waals surface area contributed by atoms with Gasteiger partial charge in [0.05, 0.1) is 5.69 Å². The average molecular weight is 286 g/mol. The van der Waals surface area contributed by atoms with Crippen LogP contribution in [0, 0.1) is 12.8 Å². The van der Waals surface area contributed by atoms with E-state index in [0.29, 0.717) is 5.92 Å². The molecule has 3 nitrogen and oxygen atoms in total. The molecular weight excluding hydrogens is 260 g/mol. The molecule has 114 valence electrons. The Morgan fingerprint density at radius 1 is 1.19 bits per heavy atom. The molecule has 1 aromatic heterocycles. The highest BCUT2D eigenvalue weighted by Crippen LogP contribution is 2.14. The minimum Gasteiger partial charge on any atom is -0.295 e. The van der Waals surface area contributed by atoms with Gasteiger partial charge in [0.2, 0.25) is 0 Å². The van der Waals surface area contributed by atoms with E-state index in [9.17, 15) is 4.79 Å². The quantitative estimate of drug-likeness (QED) is 0.856. The number of nitrogens with one attached hydrogen (secondary N) is 1. The Morgan fingerprint density at radius 2 is 1.86 bits per heavy atom. The summed E-state index contributed by atoms with van der Waals surface area (Å²) in [6.45, 7) is 8.58. The lowest BCUT2D eigenvalue weighted by atomic mass is 10.0. The van der Waals surface area contributed by atoms with Crippen molar-refractivity contribution in [2.75, 3.05) is 0 Å². The first-order valence-electron chi connectivity index (χ1n) is 7.92. The Balaban J connectivity index is 2.44. The van der Waals surface area contributed by atoms with E-state index in [1.54, 1.807) is 4.68 Å². The van der Waals surface area contributed by atoms with Gasteiger partial charge in [0.1, 0.15) is 0 Å². The third-order valence-electron chi connectivity index (χ3n) is 3.76. The molecule has 0 saturated heterocycles. The number of hydrogen-bond donors (Lipinski definition) is 1. The number of aryl methyl sites for hydroxylation is 1. The zero-order valence-corrected chi connectivity index (χ0v) is 13.6. The average Bonchev–Trinajstić information content (AvgIpc) is 2.73. The molecular formula is C18H26N2O. The second-order valence-corrected chi connectivity index (χ2v) is 6.25. The van der Waals surface area contributed by atoms with Crippen LogP contribution >= 0.6 is 0 Å². The third kappa shape index (κ3) is 3.66. The number of hydrogen-bond acceptors (Lipinski definition) is 1. The Labute approximate surface area is 127 Å². The second-order valence-electron chi connectivity index (χ2n) is 6.25. The van der Waals surface area contributed by atoms with Gasteiger partial charge in [-0.1, -0.05) is 44.9 Å². The Bertz CT molecular complexity index is 632. The van der Waals surface area contributed by atoms with Gasteiger partial charge in [-0.15, -0.1) is 0 Å². The molecule has 2 aromatic rings. The predicted molar refractivity (Wildman–Crippen MR) is 88.3 cm³/mol. The van der Waals surface area contributed by atoms with E-state index >= 15 is 0 Å².